The molecule has 2 rings (SSSR count). The Balaban J connectivity index is 2.39. The number of aromatic nitrogens is 1. The van der Waals surface area contributed by atoms with Crippen molar-refractivity contribution < 1.29 is 4.79 Å². The zero-order valence-corrected chi connectivity index (χ0v) is 12.1. The fourth-order valence-corrected chi connectivity index (χ4v) is 2.38. The lowest BCUT2D eigenvalue weighted by atomic mass is 10.1. The lowest BCUT2D eigenvalue weighted by Crippen LogP contribution is -2.12. The Morgan fingerprint density at radius 3 is 3.00 bits per heavy atom. The maximum atomic E-state index is 11.8. The van der Waals surface area contributed by atoms with Gasteiger partial charge in [0.05, 0.1) is 16.2 Å². The van der Waals surface area contributed by atoms with Crippen molar-refractivity contribution >= 4 is 45.7 Å². The van der Waals surface area contributed by atoms with Crippen LogP contribution in [0.15, 0.2) is 24.4 Å². The average Bonchev–Trinajstić information content (AvgIpc) is 2.41. The molecule has 0 bridgehead atoms. The van der Waals surface area contributed by atoms with Crippen LogP contribution in [0.5, 0.6) is 0 Å². The molecular formula is C14H14Cl2N2O. The zero-order chi connectivity index (χ0) is 13.8. The number of nitrogens with zero attached hydrogens (tertiary/aromatic N) is 1. The summed E-state index contributed by atoms with van der Waals surface area (Å²) in [5, 5.41) is 4.22. The van der Waals surface area contributed by atoms with Crippen LogP contribution in [0.1, 0.15) is 18.4 Å². The first-order chi connectivity index (χ1) is 9.13. The maximum absolute atomic E-state index is 11.8. The molecule has 100 valence electrons. The molecule has 1 aromatic carbocycles. The average molecular weight is 297 g/mol. The lowest BCUT2D eigenvalue weighted by Gasteiger charge is -2.12. The third-order valence-corrected chi connectivity index (χ3v) is 3.40. The van der Waals surface area contributed by atoms with E-state index >= 15 is 0 Å². The molecule has 3 nitrogen and oxygen atoms in total. The minimum absolute atomic E-state index is 0.0865. The molecular weight excluding hydrogens is 283 g/mol. The fourth-order valence-electron chi connectivity index (χ4n) is 1.94. The smallest absolute Gasteiger partial charge is 0.224 e. The van der Waals surface area contributed by atoms with Crippen LogP contribution in [0.3, 0.4) is 0 Å². The lowest BCUT2D eigenvalue weighted by molar-refractivity contribution is -0.116. The Morgan fingerprint density at radius 1 is 1.47 bits per heavy atom. The second kappa shape index (κ2) is 6.22. The predicted octanol–water partition coefficient (Wildman–Crippen LogP) is 4.15. The number of pyridine rings is 1. The van der Waals surface area contributed by atoms with E-state index in [4.69, 9.17) is 23.2 Å². The van der Waals surface area contributed by atoms with Crippen molar-refractivity contribution in [1.29, 1.82) is 0 Å². The van der Waals surface area contributed by atoms with E-state index in [2.05, 4.69) is 10.3 Å². The van der Waals surface area contributed by atoms with Gasteiger partial charge < -0.3 is 5.32 Å². The number of carbonyl (C=O) groups is 1. The Morgan fingerprint density at radius 2 is 2.26 bits per heavy atom. The summed E-state index contributed by atoms with van der Waals surface area (Å²) < 4.78 is 0. The summed E-state index contributed by atoms with van der Waals surface area (Å²) in [5.41, 5.74) is 2.45. The molecule has 0 aliphatic heterocycles. The molecule has 19 heavy (non-hydrogen) atoms. The molecule has 0 fully saturated rings. The molecule has 1 N–H and O–H groups in total. The minimum Gasteiger partial charge on any atom is -0.324 e. The van der Waals surface area contributed by atoms with Crippen molar-refractivity contribution in [3.63, 3.8) is 0 Å². The first-order valence-electron chi connectivity index (χ1n) is 6.03. The van der Waals surface area contributed by atoms with E-state index in [-0.39, 0.29) is 5.91 Å². The molecule has 0 aliphatic rings. The number of benzene rings is 1. The van der Waals surface area contributed by atoms with E-state index in [1.165, 1.54) is 0 Å². The molecule has 0 radical (unpaired) electrons. The van der Waals surface area contributed by atoms with Crippen LogP contribution in [0.2, 0.25) is 5.02 Å². The molecule has 0 saturated carbocycles. The van der Waals surface area contributed by atoms with E-state index in [0.29, 0.717) is 29.4 Å². The number of amides is 1. The molecule has 1 aromatic heterocycles. The third kappa shape index (κ3) is 3.17. The second-order valence-electron chi connectivity index (χ2n) is 4.29. The van der Waals surface area contributed by atoms with Gasteiger partial charge in [-0.2, -0.15) is 0 Å². The number of aryl methyl sites for hydroxylation is 1. The summed E-state index contributed by atoms with van der Waals surface area (Å²) in [7, 11) is 0. The summed E-state index contributed by atoms with van der Waals surface area (Å²) >= 11 is 11.8. The highest BCUT2D eigenvalue weighted by atomic mass is 35.5. The molecule has 0 spiro atoms. The molecule has 1 amide bonds. The number of halogens is 2. The van der Waals surface area contributed by atoms with Gasteiger partial charge in [-0.25, -0.2) is 0 Å². The van der Waals surface area contributed by atoms with Gasteiger partial charge in [0.25, 0.3) is 0 Å². The monoisotopic (exact) mass is 296 g/mol. The number of rotatable bonds is 4. The van der Waals surface area contributed by atoms with E-state index in [9.17, 15) is 4.79 Å². The van der Waals surface area contributed by atoms with Crippen molar-refractivity contribution in [3.8, 4) is 0 Å². The van der Waals surface area contributed by atoms with Crippen LogP contribution in [0.25, 0.3) is 10.9 Å². The normalized spacial score (nSPS) is 10.7. The van der Waals surface area contributed by atoms with Gasteiger partial charge in [-0.1, -0.05) is 11.6 Å². The molecule has 1 heterocycles. The summed E-state index contributed by atoms with van der Waals surface area (Å²) in [6.45, 7) is 1.94. The van der Waals surface area contributed by atoms with Crippen molar-refractivity contribution in [3.05, 3.63) is 35.0 Å². The van der Waals surface area contributed by atoms with Gasteiger partial charge in [-0.3, -0.25) is 9.78 Å². The quantitative estimate of drug-likeness (QED) is 0.861. The van der Waals surface area contributed by atoms with Crippen molar-refractivity contribution in [1.82, 2.24) is 4.98 Å². The number of alkyl halides is 1. The highest BCUT2D eigenvalue weighted by Crippen LogP contribution is 2.32. The summed E-state index contributed by atoms with van der Waals surface area (Å²) in [4.78, 5) is 16.1. The maximum Gasteiger partial charge on any atom is 0.224 e. The highest BCUT2D eigenvalue weighted by molar-refractivity contribution is 6.35. The van der Waals surface area contributed by atoms with E-state index in [1.807, 2.05) is 25.1 Å². The number of hydrogen-bond donors (Lipinski definition) is 1. The largest absolute Gasteiger partial charge is 0.324 e. The Hall–Kier alpha value is -1.32. The number of nitrogens with one attached hydrogen (secondary N) is 1. The molecule has 0 unspecified atom stereocenters. The SMILES string of the molecule is Cc1cc(Cl)c(NC(=O)CCCCl)c2cccnc12. The van der Waals surface area contributed by atoms with Crippen LogP contribution in [0, 0.1) is 6.92 Å². The highest BCUT2D eigenvalue weighted by Gasteiger charge is 2.12. The summed E-state index contributed by atoms with van der Waals surface area (Å²) in [5.74, 6) is 0.383. The number of anilines is 1. The predicted molar refractivity (Wildman–Crippen MR) is 80.1 cm³/mol. The first-order valence-corrected chi connectivity index (χ1v) is 6.94. The molecule has 0 atom stereocenters. The number of hydrogen-bond acceptors (Lipinski definition) is 2. The van der Waals surface area contributed by atoms with Gasteiger partial charge in [0, 0.05) is 23.9 Å². The van der Waals surface area contributed by atoms with Gasteiger partial charge in [0.15, 0.2) is 0 Å². The van der Waals surface area contributed by atoms with Crippen molar-refractivity contribution in [2.45, 2.75) is 19.8 Å². The van der Waals surface area contributed by atoms with Gasteiger partial charge >= 0.3 is 0 Å². The van der Waals surface area contributed by atoms with Crippen LogP contribution in [-0.2, 0) is 4.79 Å². The van der Waals surface area contributed by atoms with Gasteiger partial charge in [0.1, 0.15) is 0 Å². The topological polar surface area (TPSA) is 42.0 Å². The minimum atomic E-state index is -0.0865. The summed E-state index contributed by atoms with van der Waals surface area (Å²) in [6.07, 6.45) is 2.75. The molecule has 2 aromatic rings. The van der Waals surface area contributed by atoms with Crippen molar-refractivity contribution in [2.24, 2.45) is 0 Å². The van der Waals surface area contributed by atoms with Gasteiger partial charge in [0.2, 0.25) is 5.91 Å². The van der Waals surface area contributed by atoms with Crippen LogP contribution in [0.4, 0.5) is 5.69 Å². The van der Waals surface area contributed by atoms with Gasteiger partial charge in [-0.05, 0) is 37.1 Å². The molecule has 5 heteroatoms. The van der Waals surface area contributed by atoms with Crippen LogP contribution >= 0.6 is 23.2 Å². The number of carbonyl (C=O) groups excluding carboxylic acids is 1. The molecule has 0 saturated heterocycles. The third-order valence-electron chi connectivity index (χ3n) is 2.83. The Labute approximate surface area is 121 Å². The second-order valence-corrected chi connectivity index (χ2v) is 5.08. The van der Waals surface area contributed by atoms with E-state index < -0.39 is 0 Å². The fraction of sp³-hybridized carbons (Fsp3) is 0.286. The number of fused-ring (bicyclic) bond motifs is 1. The van der Waals surface area contributed by atoms with Crippen LogP contribution in [-0.4, -0.2) is 16.8 Å². The van der Waals surface area contributed by atoms with Crippen molar-refractivity contribution in [2.75, 3.05) is 11.2 Å². The first kappa shape index (κ1) is 14.1. The summed E-state index contributed by atoms with van der Waals surface area (Å²) in [6, 6.07) is 5.54. The molecule has 0 aliphatic carbocycles. The standard InChI is InChI=1S/C14H14Cl2N2O/c1-9-8-11(16)14(18-12(19)5-2-6-15)10-4-3-7-17-13(9)10/h3-4,7-8H,2,5-6H2,1H3,(H,18,19). The van der Waals surface area contributed by atoms with Gasteiger partial charge in [-0.15, -0.1) is 11.6 Å². The Bertz CT molecular complexity index is 614. The Kier molecular flexibility index (Phi) is 4.61. The van der Waals surface area contributed by atoms with E-state index in [0.717, 1.165) is 16.5 Å². The van der Waals surface area contributed by atoms with E-state index in [1.54, 1.807) is 6.20 Å². The zero-order valence-electron chi connectivity index (χ0n) is 10.5. The van der Waals surface area contributed by atoms with Crippen LogP contribution < -0.4 is 5.32 Å².